The number of rotatable bonds is 9. The van der Waals surface area contributed by atoms with Crippen LogP contribution in [0.3, 0.4) is 0 Å². The van der Waals surface area contributed by atoms with Crippen molar-refractivity contribution in [2.75, 3.05) is 29.0 Å². The van der Waals surface area contributed by atoms with Gasteiger partial charge in [0, 0.05) is 47.5 Å². The van der Waals surface area contributed by atoms with E-state index in [4.69, 9.17) is 11.6 Å². The van der Waals surface area contributed by atoms with Gasteiger partial charge in [-0.2, -0.15) is 15.0 Å². The topological polar surface area (TPSA) is 87.7 Å². The van der Waals surface area contributed by atoms with Crippen molar-refractivity contribution in [3.8, 4) is 0 Å². The van der Waals surface area contributed by atoms with Crippen LogP contribution in [-0.4, -0.2) is 33.0 Å². The van der Waals surface area contributed by atoms with Gasteiger partial charge < -0.3 is 16.0 Å². The monoisotopic (exact) mass is 481 g/mol. The molecule has 8 heteroatoms. The third-order valence-corrected chi connectivity index (χ3v) is 5.58. The van der Waals surface area contributed by atoms with E-state index < -0.39 is 0 Å². The molecule has 0 aliphatic heterocycles. The summed E-state index contributed by atoms with van der Waals surface area (Å²) in [4.78, 5) is 18.3. The molecular formula is C27H24ClN7. The fraction of sp³-hybridized carbons (Fsp3) is 0.111. The van der Waals surface area contributed by atoms with Crippen LogP contribution < -0.4 is 16.0 Å². The summed E-state index contributed by atoms with van der Waals surface area (Å²) in [5.41, 5.74) is 3.92. The van der Waals surface area contributed by atoms with Crippen molar-refractivity contribution in [1.29, 1.82) is 0 Å². The van der Waals surface area contributed by atoms with Gasteiger partial charge >= 0.3 is 0 Å². The molecule has 2 heterocycles. The number of aromatic nitrogens is 4. The van der Waals surface area contributed by atoms with Crippen LogP contribution >= 0.6 is 11.6 Å². The first-order valence-electron chi connectivity index (χ1n) is 11.4. The summed E-state index contributed by atoms with van der Waals surface area (Å²) in [6, 6.07) is 27.7. The standard InChI is InChI=1S/C27H24ClN7/c28-20-11-12-22-23(13-14-29-24(22)18-20)30-15-16-31-26-33-25(17-19-7-3-1-4-8-19)34-27(35-26)32-21-9-5-2-6-10-21/h1-14,18H,15-17H2,(H,29,30)(H2,31,32,33,34,35). The van der Waals surface area contributed by atoms with Crippen LogP contribution in [0.15, 0.2) is 91.1 Å². The molecule has 2 aromatic heterocycles. The van der Waals surface area contributed by atoms with Gasteiger partial charge in [-0.05, 0) is 42.0 Å². The van der Waals surface area contributed by atoms with Gasteiger partial charge in [0.15, 0.2) is 0 Å². The highest BCUT2D eigenvalue weighted by molar-refractivity contribution is 6.31. The maximum absolute atomic E-state index is 6.10. The Kier molecular flexibility index (Phi) is 6.96. The molecule has 5 aromatic rings. The molecule has 0 unspecified atom stereocenters. The molecule has 35 heavy (non-hydrogen) atoms. The zero-order chi connectivity index (χ0) is 23.9. The minimum absolute atomic E-state index is 0.504. The van der Waals surface area contributed by atoms with Crippen LogP contribution in [0.2, 0.25) is 5.02 Å². The first-order chi connectivity index (χ1) is 17.2. The fourth-order valence-electron chi connectivity index (χ4n) is 3.71. The number of para-hydroxylation sites is 1. The molecule has 0 fully saturated rings. The first kappa shape index (κ1) is 22.6. The van der Waals surface area contributed by atoms with E-state index in [1.807, 2.05) is 72.8 Å². The van der Waals surface area contributed by atoms with Crippen LogP contribution in [0.5, 0.6) is 0 Å². The maximum atomic E-state index is 6.10. The number of nitrogens with one attached hydrogen (secondary N) is 3. The Labute approximate surface area is 208 Å². The molecule has 0 saturated heterocycles. The van der Waals surface area contributed by atoms with Crippen molar-refractivity contribution in [2.45, 2.75) is 6.42 Å². The second-order valence-electron chi connectivity index (χ2n) is 7.93. The van der Waals surface area contributed by atoms with Crippen molar-refractivity contribution < 1.29 is 0 Å². The Morgan fingerprint density at radius 2 is 1.46 bits per heavy atom. The molecule has 0 spiro atoms. The predicted molar refractivity (Wildman–Crippen MR) is 143 cm³/mol. The third kappa shape index (κ3) is 6.02. The summed E-state index contributed by atoms with van der Waals surface area (Å²) in [7, 11) is 0. The lowest BCUT2D eigenvalue weighted by Crippen LogP contribution is -2.17. The summed E-state index contributed by atoms with van der Waals surface area (Å²) < 4.78 is 0. The molecule has 0 atom stereocenters. The normalized spacial score (nSPS) is 10.8. The second-order valence-corrected chi connectivity index (χ2v) is 8.36. The molecule has 0 amide bonds. The first-order valence-corrected chi connectivity index (χ1v) is 11.7. The smallest absolute Gasteiger partial charge is 0.232 e. The van der Waals surface area contributed by atoms with E-state index in [0.29, 0.717) is 42.3 Å². The minimum Gasteiger partial charge on any atom is -0.383 e. The number of pyridine rings is 1. The summed E-state index contributed by atoms with van der Waals surface area (Å²) in [5, 5.41) is 11.7. The highest BCUT2D eigenvalue weighted by atomic mass is 35.5. The lowest BCUT2D eigenvalue weighted by atomic mass is 10.1. The number of hydrogen-bond acceptors (Lipinski definition) is 7. The van der Waals surface area contributed by atoms with E-state index >= 15 is 0 Å². The maximum Gasteiger partial charge on any atom is 0.232 e. The van der Waals surface area contributed by atoms with Crippen molar-refractivity contribution in [2.24, 2.45) is 0 Å². The van der Waals surface area contributed by atoms with Gasteiger partial charge in [0.2, 0.25) is 11.9 Å². The van der Waals surface area contributed by atoms with Crippen LogP contribution in [0.4, 0.5) is 23.3 Å². The second kappa shape index (κ2) is 10.8. The fourth-order valence-corrected chi connectivity index (χ4v) is 3.88. The van der Waals surface area contributed by atoms with Gasteiger partial charge in [0.1, 0.15) is 5.82 Å². The molecule has 0 saturated carbocycles. The van der Waals surface area contributed by atoms with Crippen LogP contribution in [0.25, 0.3) is 10.9 Å². The quantitative estimate of drug-likeness (QED) is 0.225. The average Bonchev–Trinajstić information content (AvgIpc) is 2.87. The lowest BCUT2D eigenvalue weighted by Gasteiger charge is -2.12. The highest BCUT2D eigenvalue weighted by Crippen LogP contribution is 2.24. The van der Waals surface area contributed by atoms with E-state index in [2.05, 4.69) is 48.0 Å². The predicted octanol–water partition coefficient (Wildman–Crippen LogP) is 5.93. The molecule has 0 aliphatic carbocycles. The number of hydrogen-bond donors (Lipinski definition) is 3. The molecule has 3 aromatic carbocycles. The van der Waals surface area contributed by atoms with Crippen molar-refractivity contribution in [3.05, 3.63) is 108 Å². The molecule has 3 N–H and O–H groups in total. The molecule has 5 rings (SSSR count). The van der Waals surface area contributed by atoms with E-state index in [1.54, 1.807) is 6.20 Å². The molecule has 7 nitrogen and oxygen atoms in total. The molecule has 0 radical (unpaired) electrons. The minimum atomic E-state index is 0.504. The van der Waals surface area contributed by atoms with Gasteiger partial charge in [-0.3, -0.25) is 4.98 Å². The Balaban J connectivity index is 1.29. The van der Waals surface area contributed by atoms with E-state index in [9.17, 15) is 0 Å². The Morgan fingerprint density at radius 3 is 2.29 bits per heavy atom. The van der Waals surface area contributed by atoms with E-state index in [0.717, 1.165) is 27.8 Å². The van der Waals surface area contributed by atoms with Gasteiger partial charge in [0.05, 0.1) is 5.52 Å². The number of anilines is 4. The zero-order valence-corrected chi connectivity index (χ0v) is 19.7. The van der Waals surface area contributed by atoms with Gasteiger partial charge in [-0.1, -0.05) is 60.1 Å². The summed E-state index contributed by atoms with van der Waals surface area (Å²) >= 11 is 6.10. The number of fused-ring (bicyclic) bond motifs is 1. The Morgan fingerprint density at radius 1 is 0.714 bits per heavy atom. The third-order valence-electron chi connectivity index (χ3n) is 5.35. The number of nitrogens with zero attached hydrogens (tertiary/aromatic N) is 4. The lowest BCUT2D eigenvalue weighted by molar-refractivity contribution is 0.914. The van der Waals surface area contributed by atoms with E-state index in [1.165, 1.54) is 0 Å². The van der Waals surface area contributed by atoms with Crippen molar-refractivity contribution in [3.63, 3.8) is 0 Å². The Bertz CT molecular complexity index is 1350. The Hall–Kier alpha value is -4.23. The van der Waals surface area contributed by atoms with Crippen molar-refractivity contribution in [1.82, 2.24) is 19.9 Å². The molecule has 0 bridgehead atoms. The largest absolute Gasteiger partial charge is 0.383 e. The SMILES string of the molecule is Clc1ccc2c(NCCNc3nc(Cc4ccccc4)nc(Nc4ccccc4)n3)ccnc2c1. The van der Waals surface area contributed by atoms with Crippen molar-refractivity contribution >= 4 is 45.8 Å². The van der Waals surface area contributed by atoms with E-state index in [-0.39, 0.29) is 0 Å². The summed E-state index contributed by atoms with van der Waals surface area (Å²) in [6.07, 6.45) is 2.39. The van der Waals surface area contributed by atoms with Crippen LogP contribution in [0, 0.1) is 0 Å². The van der Waals surface area contributed by atoms with Gasteiger partial charge in [-0.15, -0.1) is 0 Å². The van der Waals surface area contributed by atoms with Crippen LogP contribution in [-0.2, 0) is 6.42 Å². The average molecular weight is 482 g/mol. The molecule has 0 aliphatic rings. The van der Waals surface area contributed by atoms with Gasteiger partial charge in [0.25, 0.3) is 0 Å². The summed E-state index contributed by atoms with van der Waals surface area (Å²) in [5.74, 6) is 1.72. The molecule has 174 valence electrons. The molecular weight excluding hydrogens is 458 g/mol. The number of benzene rings is 3. The zero-order valence-electron chi connectivity index (χ0n) is 18.9. The van der Waals surface area contributed by atoms with Crippen LogP contribution in [0.1, 0.15) is 11.4 Å². The number of halogens is 1. The van der Waals surface area contributed by atoms with Gasteiger partial charge in [-0.25, -0.2) is 0 Å². The highest BCUT2D eigenvalue weighted by Gasteiger charge is 2.09. The summed E-state index contributed by atoms with van der Waals surface area (Å²) in [6.45, 7) is 1.29.